The van der Waals surface area contributed by atoms with Crippen LogP contribution in [0.5, 0.6) is 11.5 Å². The lowest BCUT2D eigenvalue weighted by Crippen LogP contribution is -1.90. The van der Waals surface area contributed by atoms with Gasteiger partial charge in [-0.2, -0.15) is 5.26 Å². The third-order valence-electron chi connectivity index (χ3n) is 2.36. The molecule has 0 amide bonds. The molecule has 0 aliphatic carbocycles. The topological polar surface area (TPSA) is 33.0 Å². The van der Waals surface area contributed by atoms with E-state index in [1.165, 1.54) is 0 Å². The Kier molecular flexibility index (Phi) is 4.09. The summed E-state index contributed by atoms with van der Waals surface area (Å²) in [5.74, 6) is 1.56. The van der Waals surface area contributed by atoms with Crippen molar-refractivity contribution in [3.8, 4) is 17.6 Å². The first-order valence-electron chi connectivity index (χ1n) is 5.25. The Morgan fingerprint density at radius 3 is 2.72 bits per heavy atom. The minimum atomic E-state index is 0.313. The average molecular weight is 278 g/mol. The third-order valence-corrected chi connectivity index (χ3v) is 2.88. The van der Waals surface area contributed by atoms with E-state index in [0.717, 1.165) is 5.56 Å². The molecule has 0 N–H and O–H groups in total. The normalized spacial score (nSPS) is 9.83. The van der Waals surface area contributed by atoms with Crippen LogP contribution in [0.3, 0.4) is 0 Å². The van der Waals surface area contributed by atoms with Crippen molar-refractivity contribution in [2.24, 2.45) is 0 Å². The summed E-state index contributed by atoms with van der Waals surface area (Å²) in [5.41, 5.74) is 1.36. The highest BCUT2D eigenvalue weighted by molar-refractivity contribution is 6.30. The Morgan fingerprint density at radius 2 is 2.00 bits per heavy atom. The molecule has 2 aromatic carbocycles. The van der Waals surface area contributed by atoms with Gasteiger partial charge in [0.1, 0.15) is 11.5 Å². The lowest BCUT2D eigenvalue weighted by Gasteiger charge is -2.10. The molecule has 2 rings (SSSR count). The van der Waals surface area contributed by atoms with Crippen molar-refractivity contribution in [3.05, 3.63) is 58.6 Å². The first-order valence-corrected chi connectivity index (χ1v) is 6.16. The summed E-state index contributed by atoms with van der Waals surface area (Å²) in [6.07, 6.45) is 0. The summed E-state index contributed by atoms with van der Waals surface area (Å²) in [6, 6.07) is 14.3. The number of halogens is 2. The molecule has 0 spiro atoms. The van der Waals surface area contributed by atoms with Crippen molar-refractivity contribution in [3.63, 3.8) is 0 Å². The molecule has 0 saturated carbocycles. The average Bonchev–Trinajstić information content (AvgIpc) is 2.41. The molecule has 0 aliphatic rings. The summed E-state index contributed by atoms with van der Waals surface area (Å²) in [5, 5.41) is 9.44. The highest BCUT2D eigenvalue weighted by atomic mass is 35.5. The second kappa shape index (κ2) is 5.77. The van der Waals surface area contributed by atoms with Crippen molar-refractivity contribution >= 4 is 23.2 Å². The number of ether oxygens (including phenoxy) is 1. The Morgan fingerprint density at radius 1 is 1.17 bits per heavy atom. The zero-order valence-electron chi connectivity index (χ0n) is 9.36. The molecule has 2 aromatic rings. The van der Waals surface area contributed by atoms with Gasteiger partial charge in [-0.1, -0.05) is 17.7 Å². The first-order chi connectivity index (χ1) is 8.72. The van der Waals surface area contributed by atoms with Crippen LogP contribution in [0.25, 0.3) is 0 Å². The van der Waals surface area contributed by atoms with E-state index < -0.39 is 0 Å². The Bertz CT molecular complexity index is 605. The number of nitriles is 1. The highest BCUT2D eigenvalue weighted by Crippen LogP contribution is 2.29. The number of hydrogen-bond donors (Lipinski definition) is 0. The van der Waals surface area contributed by atoms with Crippen LogP contribution in [0.15, 0.2) is 42.5 Å². The van der Waals surface area contributed by atoms with E-state index in [2.05, 4.69) is 6.07 Å². The van der Waals surface area contributed by atoms with Crippen molar-refractivity contribution in [1.29, 1.82) is 5.26 Å². The SMILES string of the molecule is N#Cc1cccc(Oc2ccc(Cl)cc2CCl)c1. The van der Waals surface area contributed by atoms with E-state index in [-0.39, 0.29) is 0 Å². The number of alkyl halides is 1. The first kappa shape index (κ1) is 12.8. The fraction of sp³-hybridized carbons (Fsp3) is 0.0714. The smallest absolute Gasteiger partial charge is 0.131 e. The molecule has 2 nitrogen and oxygen atoms in total. The van der Waals surface area contributed by atoms with Gasteiger partial charge in [-0.25, -0.2) is 0 Å². The molecule has 0 heterocycles. The van der Waals surface area contributed by atoms with E-state index >= 15 is 0 Å². The highest BCUT2D eigenvalue weighted by Gasteiger charge is 2.05. The van der Waals surface area contributed by atoms with Crippen molar-refractivity contribution in [2.45, 2.75) is 5.88 Å². The molecule has 0 saturated heterocycles. The van der Waals surface area contributed by atoms with Gasteiger partial charge in [-0.15, -0.1) is 11.6 Å². The second-order valence-electron chi connectivity index (χ2n) is 3.63. The summed E-state index contributed by atoms with van der Waals surface area (Å²) >= 11 is 11.7. The molecule has 0 atom stereocenters. The summed E-state index contributed by atoms with van der Waals surface area (Å²) in [4.78, 5) is 0. The van der Waals surface area contributed by atoms with Gasteiger partial charge in [0.15, 0.2) is 0 Å². The zero-order chi connectivity index (χ0) is 13.0. The third kappa shape index (κ3) is 2.95. The van der Waals surface area contributed by atoms with E-state index in [1.807, 2.05) is 0 Å². The lowest BCUT2D eigenvalue weighted by molar-refractivity contribution is 0.478. The molecule has 0 radical (unpaired) electrons. The molecule has 0 fully saturated rings. The van der Waals surface area contributed by atoms with Crippen LogP contribution in [0.4, 0.5) is 0 Å². The van der Waals surface area contributed by atoms with Gasteiger partial charge in [0.25, 0.3) is 0 Å². The Balaban J connectivity index is 2.31. The van der Waals surface area contributed by atoms with Crippen molar-refractivity contribution < 1.29 is 4.74 Å². The van der Waals surface area contributed by atoms with Crippen LogP contribution in [0.1, 0.15) is 11.1 Å². The van der Waals surface area contributed by atoms with Gasteiger partial charge in [-0.05, 0) is 36.4 Å². The number of benzene rings is 2. The molecule has 90 valence electrons. The number of hydrogen-bond acceptors (Lipinski definition) is 2. The fourth-order valence-electron chi connectivity index (χ4n) is 1.51. The molecule has 0 unspecified atom stereocenters. The Hall–Kier alpha value is -1.69. The molecular formula is C14H9Cl2NO. The van der Waals surface area contributed by atoms with Gasteiger partial charge in [-0.3, -0.25) is 0 Å². The molecule has 18 heavy (non-hydrogen) atoms. The predicted molar refractivity (Wildman–Crippen MR) is 72.2 cm³/mol. The van der Waals surface area contributed by atoms with E-state index in [4.69, 9.17) is 33.2 Å². The van der Waals surface area contributed by atoms with Crippen molar-refractivity contribution in [1.82, 2.24) is 0 Å². The minimum Gasteiger partial charge on any atom is -0.457 e. The predicted octanol–water partition coefficient (Wildman–Crippen LogP) is 4.74. The van der Waals surface area contributed by atoms with Crippen LogP contribution in [-0.2, 0) is 5.88 Å². The number of rotatable bonds is 3. The van der Waals surface area contributed by atoms with Gasteiger partial charge < -0.3 is 4.74 Å². The molecule has 0 aliphatic heterocycles. The Labute approximate surface area is 115 Å². The lowest BCUT2D eigenvalue weighted by atomic mass is 10.2. The largest absolute Gasteiger partial charge is 0.457 e. The van der Waals surface area contributed by atoms with E-state index in [0.29, 0.717) is 28.0 Å². The fourth-order valence-corrected chi connectivity index (χ4v) is 1.91. The van der Waals surface area contributed by atoms with Gasteiger partial charge >= 0.3 is 0 Å². The van der Waals surface area contributed by atoms with Crippen molar-refractivity contribution in [2.75, 3.05) is 0 Å². The van der Waals surface area contributed by atoms with Gasteiger partial charge in [0.05, 0.1) is 17.5 Å². The van der Waals surface area contributed by atoms with E-state index in [1.54, 1.807) is 42.5 Å². The maximum atomic E-state index is 8.82. The molecule has 0 aromatic heterocycles. The zero-order valence-corrected chi connectivity index (χ0v) is 10.9. The van der Waals surface area contributed by atoms with Crippen LogP contribution >= 0.6 is 23.2 Å². The number of nitrogens with zero attached hydrogens (tertiary/aromatic N) is 1. The maximum Gasteiger partial charge on any atom is 0.131 e. The van der Waals surface area contributed by atoms with Gasteiger partial charge in [0, 0.05) is 10.6 Å². The molecular weight excluding hydrogens is 269 g/mol. The second-order valence-corrected chi connectivity index (χ2v) is 4.33. The van der Waals surface area contributed by atoms with E-state index in [9.17, 15) is 0 Å². The summed E-state index contributed by atoms with van der Waals surface area (Å²) in [7, 11) is 0. The molecule has 0 bridgehead atoms. The van der Waals surface area contributed by atoms with Crippen LogP contribution < -0.4 is 4.74 Å². The standard InChI is InChI=1S/C14H9Cl2NO/c15-8-11-7-12(16)4-5-14(11)18-13-3-1-2-10(6-13)9-17/h1-7H,8H2. The van der Waals surface area contributed by atoms with Crippen LogP contribution in [0.2, 0.25) is 5.02 Å². The van der Waals surface area contributed by atoms with Crippen LogP contribution in [0, 0.1) is 11.3 Å². The summed E-state index contributed by atoms with van der Waals surface area (Å²) < 4.78 is 5.70. The quantitative estimate of drug-likeness (QED) is 0.759. The van der Waals surface area contributed by atoms with Gasteiger partial charge in [0.2, 0.25) is 0 Å². The van der Waals surface area contributed by atoms with Crippen LogP contribution in [-0.4, -0.2) is 0 Å². The summed E-state index contributed by atoms with van der Waals surface area (Å²) in [6.45, 7) is 0. The monoisotopic (exact) mass is 277 g/mol. The maximum absolute atomic E-state index is 8.82. The molecule has 4 heteroatoms. The minimum absolute atomic E-state index is 0.313.